The molecule has 0 spiro atoms. The summed E-state index contributed by atoms with van der Waals surface area (Å²) in [5, 5.41) is 0. The highest BCUT2D eigenvalue weighted by atomic mass is 16.2. The van der Waals surface area contributed by atoms with Crippen molar-refractivity contribution in [2.75, 3.05) is 0 Å². The van der Waals surface area contributed by atoms with E-state index in [4.69, 9.17) is 8.22 Å². The Labute approximate surface area is 87.5 Å². The molecule has 0 aliphatic carbocycles. The van der Waals surface area contributed by atoms with Crippen molar-refractivity contribution >= 4 is 11.2 Å². The van der Waals surface area contributed by atoms with Gasteiger partial charge in [0.1, 0.15) is 0 Å². The van der Waals surface area contributed by atoms with Crippen molar-refractivity contribution in [2.24, 2.45) is 21.0 Å². The van der Waals surface area contributed by atoms with Crippen molar-refractivity contribution < 1.29 is 8.22 Å². The van der Waals surface area contributed by atoms with Gasteiger partial charge in [-0.25, -0.2) is 9.78 Å². The van der Waals surface area contributed by atoms with Crippen LogP contribution < -0.4 is 11.2 Å². The summed E-state index contributed by atoms with van der Waals surface area (Å²) in [7, 11) is 1.07. The van der Waals surface area contributed by atoms with Crippen LogP contribution in [0, 0.1) is 0 Å². The minimum Gasteiger partial charge on any atom is -0.328 e. The third-order valence-electron chi connectivity index (χ3n) is 1.95. The van der Waals surface area contributed by atoms with E-state index in [0.717, 1.165) is 13.4 Å². The van der Waals surface area contributed by atoms with E-state index in [9.17, 15) is 9.59 Å². The zero-order valence-electron chi connectivity index (χ0n) is 13.2. The zero-order chi connectivity index (χ0) is 15.5. The topological polar surface area (TPSA) is 61.8 Å². The van der Waals surface area contributed by atoms with Gasteiger partial charge in [-0.1, -0.05) is 0 Å². The summed E-state index contributed by atoms with van der Waals surface area (Å²) in [4.78, 5) is 27.5. The monoisotopic (exact) mass is 200 g/mol. The fourth-order valence-corrected chi connectivity index (χ4v) is 1.19. The first-order valence-corrected chi connectivity index (χ1v) is 3.66. The molecule has 0 radical (unpaired) electrons. The molecule has 0 saturated carbocycles. The van der Waals surface area contributed by atoms with Gasteiger partial charge in [-0.3, -0.25) is 13.9 Å². The number of nitrogens with zero attached hydrogens (tertiary/aromatic N) is 4. The molecule has 0 saturated heterocycles. The van der Waals surface area contributed by atoms with Crippen molar-refractivity contribution in [3.05, 3.63) is 27.2 Å². The lowest BCUT2D eigenvalue weighted by Gasteiger charge is -2.02. The first-order chi connectivity index (χ1) is 8.96. The summed E-state index contributed by atoms with van der Waals surface area (Å²) >= 11 is 0. The second-order valence-electron chi connectivity index (χ2n) is 2.77. The van der Waals surface area contributed by atoms with Crippen LogP contribution in [-0.2, 0) is 21.0 Å². The van der Waals surface area contributed by atoms with Crippen LogP contribution in [-0.4, -0.2) is 18.7 Å². The fraction of sp³-hybridized carbons (Fsp3) is 0.375. The Kier molecular flexibility index (Phi) is 0.756. The van der Waals surface area contributed by atoms with Gasteiger partial charge < -0.3 is 4.57 Å². The van der Waals surface area contributed by atoms with Gasteiger partial charge in [-0.2, -0.15) is 0 Å². The number of imidazole rings is 1. The highest BCUT2D eigenvalue weighted by Gasteiger charge is 2.11. The summed E-state index contributed by atoms with van der Waals surface area (Å²) in [6.07, 6.45) is 0.820. The summed E-state index contributed by atoms with van der Waals surface area (Å²) in [5.74, 6) is 0. The Morgan fingerprint density at radius 1 is 1.36 bits per heavy atom. The predicted molar refractivity (Wildman–Crippen MR) is 51.2 cm³/mol. The van der Waals surface area contributed by atoms with Crippen molar-refractivity contribution in [2.45, 2.75) is 0 Å². The number of rotatable bonds is 0. The largest absolute Gasteiger partial charge is 0.332 e. The first kappa shape index (κ1) is 4.12. The maximum atomic E-state index is 12.0. The van der Waals surface area contributed by atoms with E-state index in [1.54, 1.807) is 0 Å². The van der Waals surface area contributed by atoms with Crippen molar-refractivity contribution in [3.8, 4) is 0 Å². The number of hydrogen-bond donors (Lipinski definition) is 0. The average Bonchev–Trinajstić information content (AvgIpc) is 2.68. The minimum atomic E-state index is -2.88. The molecule has 2 rings (SSSR count). The normalized spacial score (nSPS) is 19.2. The van der Waals surface area contributed by atoms with Gasteiger partial charge in [0.25, 0.3) is 5.56 Å². The van der Waals surface area contributed by atoms with Crippen molar-refractivity contribution in [1.82, 2.24) is 18.7 Å². The summed E-state index contributed by atoms with van der Waals surface area (Å²) < 4.78 is 45.3. The smallest absolute Gasteiger partial charge is 0.328 e. The molecular weight excluding hydrogens is 184 g/mol. The molecule has 14 heavy (non-hydrogen) atoms. The molecule has 6 heteroatoms. The minimum absolute atomic E-state index is 0.325. The van der Waals surface area contributed by atoms with Gasteiger partial charge in [0.05, 0.1) is 6.33 Å². The lowest BCUT2D eigenvalue weighted by Crippen LogP contribution is -2.37. The molecule has 0 aromatic carbocycles. The van der Waals surface area contributed by atoms with Gasteiger partial charge in [-0.15, -0.1) is 0 Å². The van der Waals surface area contributed by atoms with Crippen LogP contribution in [0.15, 0.2) is 15.9 Å². The van der Waals surface area contributed by atoms with Gasteiger partial charge >= 0.3 is 5.69 Å². The molecule has 0 bridgehead atoms. The van der Waals surface area contributed by atoms with Gasteiger partial charge in [0.15, 0.2) is 11.2 Å². The Hall–Kier alpha value is -1.85. The molecule has 6 nitrogen and oxygen atoms in total. The Balaban J connectivity index is 3.10. The Bertz CT molecular complexity index is 793. The molecule has 0 aliphatic heterocycles. The van der Waals surface area contributed by atoms with Gasteiger partial charge in [-0.05, 0) is 0 Å². The maximum Gasteiger partial charge on any atom is 0.332 e. The third kappa shape index (κ3) is 0.876. The van der Waals surface area contributed by atoms with E-state index < -0.39 is 36.4 Å². The first-order valence-electron chi connectivity index (χ1n) is 6.66. The third-order valence-corrected chi connectivity index (χ3v) is 1.95. The standard InChI is InChI=1S/C8H10N4O2/c1-10-4-9-6-5(10)7(13)12(3)8(14)11(6)2/h4H,1-3H3/i1D3,2D3. The maximum absolute atomic E-state index is 12.0. The number of aryl methyl sites for hydroxylation is 2. The Morgan fingerprint density at radius 3 is 2.79 bits per heavy atom. The quantitative estimate of drug-likeness (QED) is 0.546. The van der Waals surface area contributed by atoms with Crippen LogP contribution in [0.3, 0.4) is 0 Å². The van der Waals surface area contributed by atoms with Crippen LogP contribution >= 0.6 is 0 Å². The molecule has 0 N–H and O–H groups in total. The summed E-state index contributed by atoms with van der Waals surface area (Å²) in [6, 6.07) is 0. The highest BCUT2D eigenvalue weighted by Crippen LogP contribution is 2.01. The molecule has 2 aromatic rings. The molecule has 0 fully saturated rings. The molecule has 0 unspecified atom stereocenters. The average molecular weight is 200 g/mol. The second-order valence-corrected chi connectivity index (χ2v) is 2.77. The van der Waals surface area contributed by atoms with Gasteiger partial charge in [0, 0.05) is 29.2 Å². The highest BCUT2D eigenvalue weighted by molar-refractivity contribution is 5.69. The van der Waals surface area contributed by atoms with E-state index in [1.807, 2.05) is 0 Å². The number of aromatic nitrogens is 4. The predicted octanol–water partition coefficient (Wildman–Crippen LogP) is -1.03. The van der Waals surface area contributed by atoms with Crippen LogP contribution in [0.5, 0.6) is 0 Å². The second kappa shape index (κ2) is 2.57. The van der Waals surface area contributed by atoms with Crippen LogP contribution in [0.25, 0.3) is 11.2 Å². The zero-order valence-corrected chi connectivity index (χ0v) is 7.18. The lowest BCUT2D eigenvalue weighted by molar-refractivity contribution is 0.705. The summed E-state index contributed by atoms with van der Waals surface area (Å²) in [6.45, 7) is -5.59. The van der Waals surface area contributed by atoms with Crippen LogP contribution in [0.1, 0.15) is 8.22 Å². The van der Waals surface area contributed by atoms with E-state index in [-0.39, 0.29) is 0 Å². The van der Waals surface area contributed by atoms with Crippen LogP contribution in [0.2, 0.25) is 0 Å². The Morgan fingerprint density at radius 2 is 2.14 bits per heavy atom. The van der Waals surface area contributed by atoms with E-state index in [2.05, 4.69) is 4.98 Å². The molecule has 2 heterocycles. The lowest BCUT2D eigenvalue weighted by atomic mass is 10.5. The van der Waals surface area contributed by atoms with E-state index in [0.29, 0.717) is 13.7 Å². The van der Waals surface area contributed by atoms with Gasteiger partial charge in [0.2, 0.25) is 0 Å². The SMILES string of the molecule is [2H]C([2H])([2H])n1cnc2c1c(=O)n(C)c(=O)n2C([2H])([2H])[2H]. The number of fused-ring (bicyclic) bond motifs is 1. The molecule has 74 valence electrons. The molecular formula is C8H10N4O2. The fourth-order valence-electron chi connectivity index (χ4n) is 1.19. The molecule has 0 amide bonds. The molecule has 0 aliphatic rings. The van der Waals surface area contributed by atoms with Crippen LogP contribution in [0.4, 0.5) is 0 Å². The number of hydrogen-bond acceptors (Lipinski definition) is 3. The molecule has 2 aromatic heterocycles. The molecule has 0 atom stereocenters. The van der Waals surface area contributed by atoms with E-state index >= 15 is 0 Å². The van der Waals surface area contributed by atoms with Crippen molar-refractivity contribution in [1.29, 1.82) is 0 Å². The summed E-state index contributed by atoms with van der Waals surface area (Å²) in [5.41, 5.74) is -2.94. The van der Waals surface area contributed by atoms with E-state index in [1.165, 1.54) is 0 Å². The van der Waals surface area contributed by atoms with Crippen molar-refractivity contribution in [3.63, 3.8) is 0 Å².